The molecule has 1 saturated carbocycles. The summed E-state index contributed by atoms with van der Waals surface area (Å²) in [4.78, 5) is 17.1. The second-order valence-corrected chi connectivity index (χ2v) is 10.5. The van der Waals surface area contributed by atoms with Crippen LogP contribution in [-0.2, 0) is 11.4 Å². The Bertz CT molecular complexity index is 1320. The van der Waals surface area contributed by atoms with Crippen molar-refractivity contribution >= 4 is 55.7 Å². The number of carbonyl (C=O) groups is 1. The summed E-state index contributed by atoms with van der Waals surface area (Å²) in [5, 5.41) is 16.2. The second kappa shape index (κ2) is 10.6. The van der Waals surface area contributed by atoms with E-state index in [9.17, 15) is 9.18 Å². The van der Waals surface area contributed by atoms with Crippen LogP contribution in [-0.4, -0.2) is 34.1 Å². The Morgan fingerprint density at radius 1 is 1.25 bits per heavy atom. The summed E-state index contributed by atoms with van der Waals surface area (Å²) in [5.41, 5.74) is 1.18. The number of carbonyl (C=O) groups excluding carboxylic acids is 1. The van der Waals surface area contributed by atoms with Gasteiger partial charge in [-0.05, 0) is 70.4 Å². The molecule has 0 radical (unpaired) electrons. The highest BCUT2D eigenvalue weighted by molar-refractivity contribution is 9.10. The van der Waals surface area contributed by atoms with E-state index >= 15 is 0 Å². The summed E-state index contributed by atoms with van der Waals surface area (Å²) in [5.74, 6) is 0.348. The molecule has 0 saturated heterocycles. The molecule has 0 unspecified atom stereocenters. The second-order valence-electron chi connectivity index (χ2n) is 8.71. The fourth-order valence-electron chi connectivity index (χ4n) is 4.42. The summed E-state index contributed by atoms with van der Waals surface area (Å²) < 4.78 is 25.9. The minimum Gasteiger partial charge on any atom is -0.493 e. The monoisotopic (exact) mass is 570 g/mol. The maximum Gasteiger partial charge on any atom is 0.283 e. The molecular formula is C26H24BrFN4O3S. The number of hydrogen-bond donors (Lipinski definition) is 1. The van der Waals surface area contributed by atoms with Gasteiger partial charge in [0.05, 0.1) is 17.2 Å². The smallest absolute Gasteiger partial charge is 0.283 e. The first kappa shape index (κ1) is 24.7. The van der Waals surface area contributed by atoms with E-state index < -0.39 is 5.91 Å². The first-order chi connectivity index (χ1) is 17.4. The van der Waals surface area contributed by atoms with Gasteiger partial charge in [-0.1, -0.05) is 37.5 Å². The molecule has 0 atom stereocenters. The average Bonchev–Trinajstić information content (AvgIpc) is 3.31. The first-order valence-electron chi connectivity index (χ1n) is 11.7. The highest BCUT2D eigenvalue weighted by Crippen LogP contribution is 2.39. The molecule has 2 heterocycles. The molecule has 3 aliphatic rings. The molecule has 0 spiro atoms. The van der Waals surface area contributed by atoms with Crippen molar-refractivity contribution < 1.29 is 18.7 Å². The van der Waals surface area contributed by atoms with E-state index in [1.807, 2.05) is 0 Å². The normalized spacial score (nSPS) is 19.3. The molecule has 0 aromatic heterocycles. The van der Waals surface area contributed by atoms with E-state index in [1.54, 1.807) is 36.4 Å². The van der Waals surface area contributed by atoms with E-state index in [0.717, 1.165) is 17.9 Å². The van der Waals surface area contributed by atoms with Gasteiger partial charge in [0.1, 0.15) is 17.5 Å². The lowest BCUT2D eigenvalue weighted by atomic mass is 9.90. The van der Waals surface area contributed by atoms with Gasteiger partial charge in [0, 0.05) is 11.5 Å². The fraction of sp³-hybridized carbons (Fsp3) is 0.308. The van der Waals surface area contributed by atoms with E-state index in [-0.39, 0.29) is 23.8 Å². The summed E-state index contributed by atoms with van der Waals surface area (Å²) in [6, 6.07) is 9.85. The Morgan fingerprint density at radius 3 is 2.78 bits per heavy atom. The minimum atomic E-state index is -0.478. The van der Waals surface area contributed by atoms with Crippen LogP contribution in [0.4, 0.5) is 4.39 Å². The van der Waals surface area contributed by atoms with Crippen molar-refractivity contribution in [3.63, 3.8) is 0 Å². The Labute approximate surface area is 221 Å². The number of benzene rings is 2. The van der Waals surface area contributed by atoms with Crippen molar-refractivity contribution in [1.29, 1.82) is 5.41 Å². The van der Waals surface area contributed by atoms with Crippen LogP contribution in [0.25, 0.3) is 6.08 Å². The molecule has 1 N–H and O–H groups in total. The van der Waals surface area contributed by atoms with Gasteiger partial charge in [-0.2, -0.15) is 15.1 Å². The van der Waals surface area contributed by atoms with Crippen LogP contribution in [0.5, 0.6) is 11.5 Å². The standard InChI is InChI=1S/C26H24BrFN4O3S/c1-34-21-13-15(12-19(27)22(21)35-14-17-9-5-6-10-20(17)28)11-18-23(29)32-26(30-24(18)33)36-25(31-32)16-7-3-2-4-8-16/h5-6,9-13,16,29H,2-4,7-8,14H2,1H3. The highest BCUT2D eigenvalue weighted by atomic mass is 79.9. The summed E-state index contributed by atoms with van der Waals surface area (Å²) in [6.07, 6.45) is 7.35. The number of aliphatic imine (C=N–C) groups is 1. The van der Waals surface area contributed by atoms with Crippen LogP contribution < -0.4 is 9.47 Å². The molecule has 186 valence electrons. The number of ether oxygens (including phenoxy) is 2. The molecular weight excluding hydrogens is 547 g/mol. The van der Waals surface area contributed by atoms with E-state index in [0.29, 0.717) is 38.2 Å². The molecule has 10 heteroatoms. The molecule has 2 aliphatic heterocycles. The van der Waals surface area contributed by atoms with Crippen LogP contribution in [0.3, 0.4) is 0 Å². The minimum absolute atomic E-state index is 0.00159. The van der Waals surface area contributed by atoms with Crippen molar-refractivity contribution in [2.75, 3.05) is 7.11 Å². The lowest BCUT2D eigenvalue weighted by Crippen LogP contribution is -2.35. The summed E-state index contributed by atoms with van der Waals surface area (Å²) >= 11 is 4.89. The molecule has 2 aromatic rings. The van der Waals surface area contributed by atoms with Gasteiger partial charge in [-0.15, -0.1) is 0 Å². The van der Waals surface area contributed by atoms with Gasteiger partial charge in [-0.3, -0.25) is 10.2 Å². The number of hydrazone groups is 1. The SMILES string of the molecule is COc1cc(C=C2C(=N)N3N=C(C4CCCCC4)SC3=NC2=O)cc(Br)c1OCc1ccccc1F. The molecule has 1 aliphatic carbocycles. The van der Waals surface area contributed by atoms with Gasteiger partial charge in [0.25, 0.3) is 5.91 Å². The molecule has 1 amide bonds. The molecule has 2 aromatic carbocycles. The number of nitrogens with zero attached hydrogens (tertiary/aromatic N) is 3. The topological polar surface area (TPSA) is 87.3 Å². The number of nitrogens with one attached hydrogen (secondary N) is 1. The predicted molar refractivity (Wildman–Crippen MR) is 143 cm³/mol. The molecule has 0 bridgehead atoms. The first-order valence-corrected chi connectivity index (χ1v) is 13.3. The molecule has 1 fully saturated rings. The number of amidine groups is 2. The quantitative estimate of drug-likeness (QED) is 0.407. The van der Waals surface area contributed by atoms with Gasteiger partial charge >= 0.3 is 0 Å². The van der Waals surface area contributed by atoms with Gasteiger partial charge in [0.15, 0.2) is 17.3 Å². The van der Waals surface area contributed by atoms with Crippen LogP contribution in [0.2, 0.25) is 0 Å². The van der Waals surface area contributed by atoms with Crippen molar-refractivity contribution in [3.05, 3.63) is 63.4 Å². The van der Waals surface area contributed by atoms with Crippen molar-refractivity contribution in [1.82, 2.24) is 5.01 Å². The van der Waals surface area contributed by atoms with Gasteiger partial charge in [0.2, 0.25) is 5.17 Å². The van der Waals surface area contributed by atoms with Crippen molar-refractivity contribution in [3.8, 4) is 11.5 Å². The Balaban J connectivity index is 1.39. The maximum absolute atomic E-state index is 14.0. The van der Waals surface area contributed by atoms with Crippen LogP contribution in [0.15, 0.2) is 56.5 Å². The number of amides is 1. The van der Waals surface area contributed by atoms with E-state index in [1.165, 1.54) is 49.2 Å². The highest BCUT2D eigenvalue weighted by Gasteiger charge is 2.38. The third-order valence-corrected chi connectivity index (χ3v) is 7.98. The van der Waals surface area contributed by atoms with E-state index in [4.69, 9.17) is 14.9 Å². The number of fused-ring (bicyclic) bond motifs is 1. The summed E-state index contributed by atoms with van der Waals surface area (Å²) in [7, 11) is 1.50. The Kier molecular flexibility index (Phi) is 7.25. The zero-order valence-electron chi connectivity index (χ0n) is 19.6. The Morgan fingerprint density at radius 2 is 2.03 bits per heavy atom. The number of thioether (sulfide) groups is 1. The zero-order chi connectivity index (χ0) is 25.2. The number of hydrogen-bond acceptors (Lipinski definition) is 6. The van der Waals surface area contributed by atoms with Crippen molar-refractivity contribution in [2.24, 2.45) is 16.0 Å². The zero-order valence-corrected chi connectivity index (χ0v) is 22.0. The lowest BCUT2D eigenvalue weighted by molar-refractivity contribution is -0.114. The maximum atomic E-state index is 14.0. The lowest BCUT2D eigenvalue weighted by Gasteiger charge is -2.20. The van der Waals surface area contributed by atoms with Gasteiger partial charge in [-0.25, -0.2) is 4.39 Å². The number of halogens is 2. The largest absolute Gasteiger partial charge is 0.493 e. The average molecular weight is 571 g/mol. The molecule has 36 heavy (non-hydrogen) atoms. The molecule has 5 rings (SSSR count). The molecule has 7 nitrogen and oxygen atoms in total. The predicted octanol–water partition coefficient (Wildman–Crippen LogP) is 6.38. The van der Waals surface area contributed by atoms with Crippen LogP contribution >= 0.6 is 27.7 Å². The van der Waals surface area contributed by atoms with E-state index in [2.05, 4.69) is 26.0 Å². The number of rotatable bonds is 6. The van der Waals surface area contributed by atoms with Crippen LogP contribution in [0, 0.1) is 17.1 Å². The van der Waals surface area contributed by atoms with Crippen LogP contribution in [0.1, 0.15) is 43.2 Å². The third-order valence-electron chi connectivity index (χ3n) is 6.32. The van der Waals surface area contributed by atoms with Gasteiger partial charge < -0.3 is 9.47 Å². The number of methoxy groups -OCH3 is 1. The fourth-order valence-corrected chi connectivity index (χ4v) is 6.05. The summed E-state index contributed by atoms with van der Waals surface area (Å²) in [6.45, 7) is 0.0245. The van der Waals surface area contributed by atoms with Crippen molar-refractivity contribution in [2.45, 2.75) is 38.7 Å². The Hall–Kier alpha value is -2.98. The third kappa shape index (κ3) is 4.97.